The van der Waals surface area contributed by atoms with Crippen LogP contribution >= 0.6 is 15.9 Å². The molecule has 21 heavy (non-hydrogen) atoms. The number of piperidine rings is 1. The summed E-state index contributed by atoms with van der Waals surface area (Å²) in [7, 11) is 0. The summed E-state index contributed by atoms with van der Waals surface area (Å²) in [6, 6.07) is 6.16. The van der Waals surface area contributed by atoms with Gasteiger partial charge in [0.25, 0.3) is 0 Å². The average molecular weight is 353 g/mol. The number of carbonyl (C=O) groups is 1. The summed E-state index contributed by atoms with van der Waals surface area (Å²) < 4.78 is 1.08. The van der Waals surface area contributed by atoms with Crippen LogP contribution in [0, 0.1) is 18.8 Å². The highest BCUT2D eigenvalue weighted by Crippen LogP contribution is 2.22. The quantitative estimate of drug-likeness (QED) is 0.852. The smallest absolute Gasteiger partial charge is 0.220 e. The van der Waals surface area contributed by atoms with Gasteiger partial charge in [-0.15, -0.1) is 0 Å². The second-order valence-corrected chi connectivity index (χ2v) is 7.05. The molecule has 0 bridgehead atoms. The first-order valence-corrected chi connectivity index (χ1v) is 8.58. The van der Waals surface area contributed by atoms with Crippen LogP contribution in [0.25, 0.3) is 0 Å². The number of rotatable bonds is 5. The minimum absolute atomic E-state index is 0.162. The number of hydrogen-bond acceptors (Lipinski definition) is 2. The van der Waals surface area contributed by atoms with Crippen LogP contribution in [0.5, 0.6) is 0 Å². The second kappa shape index (κ2) is 7.95. The van der Waals surface area contributed by atoms with Gasteiger partial charge in [0.1, 0.15) is 0 Å². The van der Waals surface area contributed by atoms with Crippen LogP contribution in [0.2, 0.25) is 0 Å². The summed E-state index contributed by atoms with van der Waals surface area (Å²) >= 11 is 3.46. The topological polar surface area (TPSA) is 41.1 Å². The van der Waals surface area contributed by atoms with Crippen LogP contribution in [0.3, 0.4) is 0 Å². The standard InChI is InChI=1S/C17H25BrN2O/c1-12-8-16(18)6-5-15(12)11-20-17(21)9-13(2)14-4-3-7-19-10-14/h5-6,8,13-14,19H,3-4,7,9-11H2,1-2H3,(H,20,21). The number of aryl methyl sites for hydroxylation is 1. The molecule has 1 amide bonds. The van der Waals surface area contributed by atoms with E-state index in [1.54, 1.807) is 0 Å². The van der Waals surface area contributed by atoms with Crippen molar-refractivity contribution in [2.24, 2.45) is 11.8 Å². The van der Waals surface area contributed by atoms with Crippen molar-refractivity contribution < 1.29 is 4.79 Å². The molecule has 0 aromatic heterocycles. The molecule has 116 valence electrons. The molecule has 1 aliphatic heterocycles. The number of halogens is 1. The Labute approximate surface area is 136 Å². The molecule has 4 heteroatoms. The molecular weight excluding hydrogens is 328 g/mol. The molecule has 1 aromatic carbocycles. The Balaban J connectivity index is 1.78. The zero-order chi connectivity index (χ0) is 15.2. The molecule has 1 saturated heterocycles. The van der Waals surface area contributed by atoms with Crippen molar-refractivity contribution in [2.45, 2.75) is 39.7 Å². The average Bonchev–Trinajstić information content (AvgIpc) is 2.47. The Kier molecular flexibility index (Phi) is 6.24. The van der Waals surface area contributed by atoms with Crippen LogP contribution in [0.15, 0.2) is 22.7 Å². The van der Waals surface area contributed by atoms with Gasteiger partial charge < -0.3 is 10.6 Å². The van der Waals surface area contributed by atoms with Crippen LogP contribution in [-0.2, 0) is 11.3 Å². The Morgan fingerprint density at radius 3 is 3.00 bits per heavy atom. The monoisotopic (exact) mass is 352 g/mol. The predicted molar refractivity (Wildman–Crippen MR) is 90.1 cm³/mol. The third kappa shape index (κ3) is 5.11. The van der Waals surface area contributed by atoms with Crippen molar-refractivity contribution in [1.82, 2.24) is 10.6 Å². The van der Waals surface area contributed by atoms with Crippen molar-refractivity contribution in [3.63, 3.8) is 0 Å². The SMILES string of the molecule is Cc1cc(Br)ccc1CNC(=O)CC(C)C1CCCNC1. The van der Waals surface area contributed by atoms with Gasteiger partial charge >= 0.3 is 0 Å². The van der Waals surface area contributed by atoms with Gasteiger partial charge in [0.2, 0.25) is 5.91 Å². The van der Waals surface area contributed by atoms with Gasteiger partial charge in [-0.25, -0.2) is 0 Å². The highest BCUT2D eigenvalue weighted by Gasteiger charge is 2.21. The van der Waals surface area contributed by atoms with E-state index in [2.05, 4.69) is 52.5 Å². The normalized spacial score (nSPS) is 20.0. The summed E-state index contributed by atoms with van der Waals surface area (Å²) in [4.78, 5) is 12.1. The van der Waals surface area contributed by atoms with E-state index in [-0.39, 0.29) is 5.91 Å². The molecule has 1 aromatic rings. The van der Waals surface area contributed by atoms with Gasteiger partial charge in [-0.05, 0) is 68.0 Å². The Morgan fingerprint density at radius 1 is 1.52 bits per heavy atom. The minimum Gasteiger partial charge on any atom is -0.352 e. The van der Waals surface area contributed by atoms with E-state index in [0.29, 0.717) is 24.8 Å². The maximum Gasteiger partial charge on any atom is 0.220 e. The third-order valence-electron chi connectivity index (χ3n) is 4.43. The summed E-state index contributed by atoms with van der Waals surface area (Å²) in [5.41, 5.74) is 2.38. The molecule has 0 spiro atoms. The first-order valence-electron chi connectivity index (χ1n) is 7.78. The minimum atomic E-state index is 0.162. The lowest BCUT2D eigenvalue weighted by molar-refractivity contribution is -0.122. The fourth-order valence-corrected chi connectivity index (χ4v) is 3.42. The zero-order valence-electron chi connectivity index (χ0n) is 12.9. The summed E-state index contributed by atoms with van der Waals surface area (Å²) in [5.74, 6) is 1.25. The van der Waals surface area contributed by atoms with Crippen LogP contribution in [0.1, 0.15) is 37.3 Å². The fraction of sp³-hybridized carbons (Fsp3) is 0.588. The van der Waals surface area contributed by atoms with E-state index in [1.165, 1.54) is 24.0 Å². The second-order valence-electron chi connectivity index (χ2n) is 6.14. The molecule has 0 radical (unpaired) electrons. The van der Waals surface area contributed by atoms with Crippen molar-refractivity contribution in [1.29, 1.82) is 0 Å². The number of benzene rings is 1. The molecule has 1 fully saturated rings. The molecule has 1 heterocycles. The molecule has 2 rings (SSSR count). The molecule has 3 nitrogen and oxygen atoms in total. The molecule has 0 aliphatic carbocycles. The van der Waals surface area contributed by atoms with Crippen LogP contribution < -0.4 is 10.6 Å². The van der Waals surface area contributed by atoms with Crippen molar-refractivity contribution in [2.75, 3.05) is 13.1 Å². The lowest BCUT2D eigenvalue weighted by Crippen LogP contribution is -2.35. The summed E-state index contributed by atoms with van der Waals surface area (Å²) in [5, 5.41) is 6.48. The van der Waals surface area contributed by atoms with Crippen LogP contribution in [0.4, 0.5) is 0 Å². The van der Waals surface area contributed by atoms with Gasteiger partial charge in [-0.3, -0.25) is 4.79 Å². The van der Waals surface area contributed by atoms with E-state index in [1.807, 2.05) is 6.07 Å². The van der Waals surface area contributed by atoms with Gasteiger partial charge in [-0.1, -0.05) is 28.9 Å². The Hall–Kier alpha value is -0.870. The molecule has 1 aliphatic rings. The first-order chi connectivity index (χ1) is 10.1. The lowest BCUT2D eigenvalue weighted by Gasteiger charge is -2.28. The van der Waals surface area contributed by atoms with Gasteiger partial charge in [0.05, 0.1) is 0 Å². The maximum absolute atomic E-state index is 12.1. The lowest BCUT2D eigenvalue weighted by atomic mass is 9.85. The highest BCUT2D eigenvalue weighted by molar-refractivity contribution is 9.10. The molecule has 0 saturated carbocycles. The number of carbonyl (C=O) groups excluding carboxylic acids is 1. The number of amides is 1. The predicted octanol–water partition coefficient (Wildman–Crippen LogP) is 3.40. The van der Waals surface area contributed by atoms with E-state index in [0.717, 1.165) is 17.6 Å². The van der Waals surface area contributed by atoms with Crippen molar-refractivity contribution in [3.8, 4) is 0 Å². The zero-order valence-corrected chi connectivity index (χ0v) is 14.5. The van der Waals surface area contributed by atoms with Gasteiger partial charge in [0, 0.05) is 17.4 Å². The highest BCUT2D eigenvalue weighted by atomic mass is 79.9. The van der Waals surface area contributed by atoms with Gasteiger partial charge in [-0.2, -0.15) is 0 Å². The molecule has 2 unspecified atom stereocenters. The van der Waals surface area contributed by atoms with E-state index >= 15 is 0 Å². The first kappa shape index (κ1) is 16.5. The largest absolute Gasteiger partial charge is 0.352 e. The third-order valence-corrected chi connectivity index (χ3v) is 4.92. The number of hydrogen-bond donors (Lipinski definition) is 2. The Morgan fingerprint density at radius 2 is 2.33 bits per heavy atom. The molecule has 2 N–H and O–H groups in total. The summed E-state index contributed by atoms with van der Waals surface area (Å²) in [6.07, 6.45) is 3.10. The molecular formula is C17H25BrN2O. The van der Waals surface area contributed by atoms with E-state index in [9.17, 15) is 4.79 Å². The number of nitrogens with one attached hydrogen (secondary N) is 2. The van der Waals surface area contributed by atoms with Crippen molar-refractivity contribution >= 4 is 21.8 Å². The van der Waals surface area contributed by atoms with E-state index in [4.69, 9.17) is 0 Å². The summed E-state index contributed by atoms with van der Waals surface area (Å²) in [6.45, 7) is 7.07. The molecule has 2 atom stereocenters. The van der Waals surface area contributed by atoms with E-state index < -0.39 is 0 Å². The Bertz CT molecular complexity index is 484. The van der Waals surface area contributed by atoms with Crippen molar-refractivity contribution in [3.05, 3.63) is 33.8 Å². The maximum atomic E-state index is 12.1. The fourth-order valence-electron chi connectivity index (χ4n) is 2.95. The van der Waals surface area contributed by atoms with Crippen LogP contribution in [-0.4, -0.2) is 19.0 Å². The van der Waals surface area contributed by atoms with Gasteiger partial charge in [0.15, 0.2) is 0 Å².